The van der Waals surface area contributed by atoms with Gasteiger partial charge < -0.3 is 5.73 Å². The molecule has 0 atom stereocenters. The molecule has 1 heterocycles. The summed E-state index contributed by atoms with van der Waals surface area (Å²) in [6.45, 7) is 1.63. The molecule has 0 bridgehead atoms. The first kappa shape index (κ1) is 10.3. The van der Waals surface area contributed by atoms with E-state index in [1.807, 2.05) is 0 Å². The van der Waals surface area contributed by atoms with Crippen LogP contribution in [0.1, 0.15) is 16.2 Å². The predicted molar refractivity (Wildman–Crippen MR) is 54.6 cm³/mol. The van der Waals surface area contributed by atoms with Gasteiger partial charge in [0, 0.05) is 0 Å². The van der Waals surface area contributed by atoms with Gasteiger partial charge in [0.1, 0.15) is 5.82 Å². The van der Waals surface area contributed by atoms with Crippen LogP contribution >= 0.6 is 0 Å². The minimum atomic E-state index is -0.633. The molecule has 1 aromatic heterocycles. The van der Waals surface area contributed by atoms with Gasteiger partial charge in [-0.25, -0.2) is 4.39 Å². The maximum atomic E-state index is 12.7. The number of aromatic nitrogens is 3. The van der Waals surface area contributed by atoms with Crippen LogP contribution in [0.5, 0.6) is 0 Å². The lowest BCUT2D eigenvalue weighted by Crippen LogP contribution is -2.13. The first-order valence-corrected chi connectivity index (χ1v) is 4.57. The van der Waals surface area contributed by atoms with E-state index in [2.05, 4.69) is 10.2 Å². The molecular weight excluding hydrogens is 211 g/mol. The molecule has 0 radical (unpaired) electrons. The molecule has 82 valence electrons. The lowest BCUT2D eigenvalue weighted by molar-refractivity contribution is 0.0994. The fourth-order valence-corrected chi connectivity index (χ4v) is 1.30. The normalized spacial score (nSPS) is 10.4. The number of carbonyl (C=O) groups is 1. The molecule has 0 aliphatic carbocycles. The number of nitrogens with two attached hydrogens (primary N) is 1. The highest BCUT2D eigenvalue weighted by molar-refractivity contribution is 5.91. The number of nitrogens with zero attached hydrogens (tertiary/aromatic N) is 3. The number of aryl methyl sites for hydroxylation is 1. The second kappa shape index (κ2) is 3.73. The highest BCUT2D eigenvalue weighted by atomic mass is 19.1. The van der Waals surface area contributed by atoms with E-state index < -0.39 is 5.91 Å². The molecule has 0 fully saturated rings. The Balaban J connectivity index is 2.45. The summed E-state index contributed by atoms with van der Waals surface area (Å²) < 4.78 is 12.7. The Morgan fingerprint density at radius 2 is 1.94 bits per heavy atom. The van der Waals surface area contributed by atoms with Crippen LogP contribution in [0.25, 0.3) is 5.69 Å². The summed E-state index contributed by atoms with van der Waals surface area (Å²) in [6, 6.07) is 5.61. The maximum absolute atomic E-state index is 12.7. The van der Waals surface area contributed by atoms with Crippen molar-refractivity contribution < 1.29 is 9.18 Å². The van der Waals surface area contributed by atoms with Crippen LogP contribution in [-0.2, 0) is 0 Å². The van der Waals surface area contributed by atoms with Crippen molar-refractivity contribution in [3.63, 3.8) is 0 Å². The van der Waals surface area contributed by atoms with Gasteiger partial charge in [0.05, 0.1) is 11.4 Å². The number of halogens is 1. The van der Waals surface area contributed by atoms with Crippen LogP contribution in [0.2, 0.25) is 0 Å². The Morgan fingerprint density at radius 1 is 1.31 bits per heavy atom. The quantitative estimate of drug-likeness (QED) is 0.813. The van der Waals surface area contributed by atoms with E-state index in [0.717, 1.165) is 0 Å². The van der Waals surface area contributed by atoms with Crippen molar-refractivity contribution in [1.29, 1.82) is 0 Å². The van der Waals surface area contributed by atoms with Crippen LogP contribution in [-0.4, -0.2) is 20.9 Å². The van der Waals surface area contributed by atoms with Gasteiger partial charge in [-0.1, -0.05) is 0 Å². The molecule has 2 rings (SSSR count). The van der Waals surface area contributed by atoms with E-state index >= 15 is 0 Å². The van der Waals surface area contributed by atoms with Gasteiger partial charge in [0.2, 0.25) is 0 Å². The lowest BCUT2D eigenvalue weighted by Gasteiger charge is -1.97. The van der Waals surface area contributed by atoms with Gasteiger partial charge in [-0.05, 0) is 31.2 Å². The zero-order valence-corrected chi connectivity index (χ0v) is 8.51. The van der Waals surface area contributed by atoms with E-state index in [1.165, 1.54) is 29.1 Å². The maximum Gasteiger partial charge on any atom is 0.271 e. The Morgan fingerprint density at radius 3 is 2.44 bits per heavy atom. The molecule has 0 saturated heterocycles. The molecule has 5 nitrogen and oxygen atoms in total. The Labute approximate surface area is 90.7 Å². The van der Waals surface area contributed by atoms with Gasteiger partial charge >= 0.3 is 0 Å². The monoisotopic (exact) mass is 220 g/mol. The van der Waals surface area contributed by atoms with E-state index in [1.54, 1.807) is 6.92 Å². The predicted octanol–water partition coefficient (Wildman–Crippen LogP) is 0.814. The smallest absolute Gasteiger partial charge is 0.271 e. The van der Waals surface area contributed by atoms with Crippen LogP contribution < -0.4 is 5.73 Å². The van der Waals surface area contributed by atoms with Crippen molar-refractivity contribution in [2.45, 2.75) is 6.92 Å². The molecule has 0 spiro atoms. The minimum Gasteiger partial charge on any atom is -0.364 e. The summed E-state index contributed by atoms with van der Waals surface area (Å²) >= 11 is 0. The second-order valence-electron chi connectivity index (χ2n) is 3.26. The number of amides is 1. The minimum absolute atomic E-state index is 0.115. The number of carbonyl (C=O) groups excluding carboxylic acids is 1. The molecule has 2 aromatic rings. The van der Waals surface area contributed by atoms with Gasteiger partial charge in [-0.15, -0.1) is 5.10 Å². The lowest BCUT2D eigenvalue weighted by atomic mass is 10.3. The Hall–Kier alpha value is -2.24. The van der Waals surface area contributed by atoms with Crippen molar-refractivity contribution >= 4 is 5.91 Å². The zero-order chi connectivity index (χ0) is 11.7. The van der Waals surface area contributed by atoms with Crippen LogP contribution in [0.4, 0.5) is 4.39 Å². The summed E-state index contributed by atoms with van der Waals surface area (Å²) in [4.78, 5) is 12.2. The first-order valence-electron chi connectivity index (χ1n) is 4.57. The van der Waals surface area contributed by atoms with Crippen molar-refractivity contribution in [3.05, 3.63) is 41.5 Å². The number of hydrogen-bond acceptors (Lipinski definition) is 3. The molecule has 0 aliphatic rings. The molecular formula is C10H9FN4O. The second-order valence-corrected chi connectivity index (χ2v) is 3.26. The third-order valence-electron chi connectivity index (χ3n) is 2.07. The van der Waals surface area contributed by atoms with Crippen LogP contribution in [0.15, 0.2) is 24.3 Å². The van der Waals surface area contributed by atoms with E-state index in [9.17, 15) is 9.18 Å². The molecule has 0 unspecified atom stereocenters. The average molecular weight is 220 g/mol. The van der Waals surface area contributed by atoms with Crippen LogP contribution in [0.3, 0.4) is 0 Å². The molecule has 0 aliphatic heterocycles. The molecule has 1 amide bonds. The largest absolute Gasteiger partial charge is 0.364 e. The van der Waals surface area contributed by atoms with Crippen molar-refractivity contribution in [2.24, 2.45) is 5.73 Å². The fourth-order valence-electron chi connectivity index (χ4n) is 1.30. The summed E-state index contributed by atoms with van der Waals surface area (Å²) in [5.74, 6) is -0.978. The highest BCUT2D eigenvalue weighted by Crippen LogP contribution is 2.09. The summed E-state index contributed by atoms with van der Waals surface area (Å²) in [5.41, 5.74) is 6.24. The van der Waals surface area contributed by atoms with Gasteiger partial charge in [0.15, 0.2) is 5.69 Å². The van der Waals surface area contributed by atoms with Crippen molar-refractivity contribution in [2.75, 3.05) is 0 Å². The van der Waals surface area contributed by atoms with Crippen molar-refractivity contribution in [3.8, 4) is 5.69 Å². The molecule has 2 N–H and O–H groups in total. The summed E-state index contributed by atoms with van der Waals surface area (Å²) in [6.07, 6.45) is 0. The standard InChI is InChI=1S/C10H9FN4O/c1-6-9(10(12)16)14-15(13-6)8-4-2-7(11)3-5-8/h2-5H,1H3,(H2,12,16). The van der Waals surface area contributed by atoms with Gasteiger partial charge in [-0.3, -0.25) is 4.79 Å². The first-order chi connectivity index (χ1) is 7.58. The Kier molecular flexibility index (Phi) is 2.40. The third-order valence-corrected chi connectivity index (χ3v) is 2.07. The fraction of sp³-hybridized carbons (Fsp3) is 0.100. The van der Waals surface area contributed by atoms with E-state index in [-0.39, 0.29) is 11.5 Å². The average Bonchev–Trinajstić information content (AvgIpc) is 2.61. The summed E-state index contributed by atoms with van der Waals surface area (Å²) in [7, 11) is 0. The molecule has 6 heteroatoms. The number of benzene rings is 1. The van der Waals surface area contributed by atoms with Crippen LogP contribution in [0, 0.1) is 12.7 Å². The molecule has 0 saturated carbocycles. The van der Waals surface area contributed by atoms with Gasteiger partial charge in [-0.2, -0.15) is 9.90 Å². The zero-order valence-electron chi connectivity index (χ0n) is 8.51. The number of rotatable bonds is 2. The number of hydrogen-bond donors (Lipinski definition) is 1. The molecule has 16 heavy (non-hydrogen) atoms. The van der Waals surface area contributed by atoms with E-state index in [0.29, 0.717) is 11.4 Å². The van der Waals surface area contributed by atoms with E-state index in [4.69, 9.17) is 5.73 Å². The molecule has 1 aromatic carbocycles. The number of primary amides is 1. The highest BCUT2D eigenvalue weighted by Gasteiger charge is 2.12. The summed E-state index contributed by atoms with van der Waals surface area (Å²) in [5, 5.41) is 7.93. The topological polar surface area (TPSA) is 73.8 Å². The third kappa shape index (κ3) is 1.77. The van der Waals surface area contributed by atoms with Crippen molar-refractivity contribution in [1.82, 2.24) is 15.0 Å². The Bertz CT molecular complexity index is 532. The van der Waals surface area contributed by atoms with Gasteiger partial charge in [0.25, 0.3) is 5.91 Å². The SMILES string of the molecule is Cc1nn(-c2ccc(F)cc2)nc1C(N)=O.